The fraction of sp³-hybridized carbons (Fsp3) is 0.167. The van der Waals surface area contributed by atoms with Gasteiger partial charge in [-0.3, -0.25) is 9.52 Å². The van der Waals surface area contributed by atoms with Crippen molar-refractivity contribution in [3.05, 3.63) is 83.4 Å². The van der Waals surface area contributed by atoms with E-state index in [1.165, 1.54) is 24.3 Å². The Kier molecular flexibility index (Phi) is 6.16. The molecule has 7 nitrogen and oxygen atoms in total. The SMILES string of the molecule is O=C(c1cccc(NS(=O)(=O)c2ccc(Cl)cc2)c1)N1CCN(c2nc3ccccc3s2)CC1. The minimum absolute atomic E-state index is 0.0969. The second-order valence-electron chi connectivity index (χ2n) is 7.88. The van der Waals surface area contributed by atoms with Gasteiger partial charge >= 0.3 is 0 Å². The lowest BCUT2D eigenvalue weighted by molar-refractivity contribution is 0.0747. The highest BCUT2D eigenvalue weighted by Crippen LogP contribution is 2.29. The van der Waals surface area contributed by atoms with Crippen LogP contribution in [0, 0.1) is 0 Å². The van der Waals surface area contributed by atoms with Crippen molar-refractivity contribution in [1.29, 1.82) is 0 Å². The molecule has 0 atom stereocenters. The molecule has 0 unspecified atom stereocenters. The standard InChI is InChI=1S/C24H21ClN4O3S2/c25-18-8-10-20(11-9-18)34(31,32)27-19-5-3-4-17(16-19)23(30)28-12-14-29(15-13-28)24-26-21-6-1-2-7-22(21)33-24/h1-11,16,27H,12-15H2. The Morgan fingerprint density at radius 2 is 1.68 bits per heavy atom. The van der Waals surface area contributed by atoms with Crippen molar-refractivity contribution >= 4 is 59.9 Å². The molecule has 0 radical (unpaired) electrons. The molecule has 1 saturated heterocycles. The molecular formula is C24H21ClN4O3S2. The van der Waals surface area contributed by atoms with Gasteiger partial charge in [0.2, 0.25) is 0 Å². The maximum atomic E-state index is 13.1. The summed E-state index contributed by atoms with van der Waals surface area (Å²) in [5.41, 5.74) is 1.75. The average Bonchev–Trinajstić information content (AvgIpc) is 3.28. The van der Waals surface area contributed by atoms with Crippen LogP contribution in [0.1, 0.15) is 10.4 Å². The minimum Gasteiger partial charge on any atom is -0.345 e. The summed E-state index contributed by atoms with van der Waals surface area (Å²) in [7, 11) is -3.79. The lowest BCUT2D eigenvalue weighted by atomic mass is 10.1. The van der Waals surface area contributed by atoms with Crippen LogP contribution in [-0.4, -0.2) is 50.4 Å². The number of hydrogen-bond donors (Lipinski definition) is 1. The number of fused-ring (bicyclic) bond motifs is 1. The lowest BCUT2D eigenvalue weighted by Gasteiger charge is -2.34. The number of amides is 1. The van der Waals surface area contributed by atoms with Crippen LogP contribution in [0.2, 0.25) is 5.02 Å². The number of thiazole rings is 1. The number of benzene rings is 3. The molecule has 0 aliphatic carbocycles. The number of carbonyl (C=O) groups excluding carboxylic acids is 1. The van der Waals surface area contributed by atoms with Gasteiger partial charge < -0.3 is 9.80 Å². The zero-order chi connectivity index (χ0) is 23.7. The van der Waals surface area contributed by atoms with E-state index in [1.54, 1.807) is 40.5 Å². The van der Waals surface area contributed by atoms with Crippen LogP contribution < -0.4 is 9.62 Å². The number of para-hydroxylation sites is 1. The van der Waals surface area contributed by atoms with E-state index in [-0.39, 0.29) is 10.8 Å². The molecule has 10 heteroatoms. The van der Waals surface area contributed by atoms with Gasteiger partial charge in [0.05, 0.1) is 15.1 Å². The molecule has 34 heavy (non-hydrogen) atoms. The lowest BCUT2D eigenvalue weighted by Crippen LogP contribution is -2.48. The first-order chi connectivity index (χ1) is 16.4. The number of carbonyl (C=O) groups is 1. The average molecular weight is 513 g/mol. The largest absolute Gasteiger partial charge is 0.345 e. The Morgan fingerprint density at radius 1 is 0.941 bits per heavy atom. The molecular weight excluding hydrogens is 492 g/mol. The smallest absolute Gasteiger partial charge is 0.261 e. The van der Waals surface area contributed by atoms with Gasteiger partial charge in [-0.1, -0.05) is 41.1 Å². The van der Waals surface area contributed by atoms with E-state index in [0.717, 1.165) is 15.3 Å². The number of halogens is 1. The van der Waals surface area contributed by atoms with Crippen molar-refractivity contribution in [1.82, 2.24) is 9.88 Å². The molecule has 5 rings (SSSR count). The summed E-state index contributed by atoms with van der Waals surface area (Å²) >= 11 is 7.51. The zero-order valence-electron chi connectivity index (χ0n) is 18.0. The quantitative estimate of drug-likeness (QED) is 0.418. The van der Waals surface area contributed by atoms with Crippen LogP contribution in [0.4, 0.5) is 10.8 Å². The Labute approximate surface area is 206 Å². The van der Waals surface area contributed by atoms with Gasteiger partial charge in [0, 0.05) is 42.5 Å². The predicted octanol–water partition coefficient (Wildman–Crippen LogP) is 4.71. The van der Waals surface area contributed by atoms with E-state index >= 15 is 0 Å². The number of hydrogen-bond acceptors (Lipinski definition) is 6. The fourth-order valence-electron chi connectivity index (χ4n) is 3.82. The molecule has 174 valence electrons. The summed E-state index contributed by atoms with van der Waals surface area (Å²) in [6.07, 6.45) is 0. The molecule has 1 fully saturated rings. The summed E-state index contributed by atoms with van der Waals surface area (Å²) < 4.78 is 29.0. The maximum Gasteiger partial charge on any atom is 0.261 e. The molecule has 1 aliphatic heterocycles. The Balaban J connectivity index is 1.25. The van der Waals surface area contributed by atoms with Gasteiger partial charge in [-0.2, -0.15) is 0 Å². The summed E-state index contributed by atoms with van der Waals surface area (Å²) in [5, 5.41) is 1.42. The first kappa shape index (κ1) is 22.6. The number of rotatable bonds is 5. The predicted molar refractivity (Wildman–Crippen MR) is 136 cm³/mol. The third-order valence-corrected chi connectivity index (χ3v) is 8.35. The van der Waals surface area contributed by atoms with Gasteiger partial charge in [-0.05, 0) is 54.6 Å². The Bertz CT molecular complexity index is 1410. The van der Waals surface area contributed by atoms with Crippen molar-refractivity contribution < 1.29 is 13.2 Å². The highest BCUT2D eigenvalue weighted by atomic mass is 35.5. The van der Waals surface area contributed by atoms with E-state index in [4.69, 9.17) is 16.6 Å². The van der Waals surface area contributed by atoms with Gasteiger partial charge in [0.1, 0.15) is 0 Å². The van der Waals surface area contributed by atoms with Crippen molar-refractivity contribution in [3.8, 4) is 0 Å². The topological polar surface area (TPSA) is 82.6 Å². The van der Waals surface area contributed by atoms with Crippen LogP contribution in [0.15, 0.2) is 77.7 Å². The van der Waals surface area contributed by atoms with E-state index in [0.29, 0.717) is 42.5 Å². The Hall–Kier alpha value is -3.14. The number of nitrogens with zero attached hydrogens (tertiary/aromatic N) is 3. The van der Waals surface area contributed by atoms with Crippen LogP contribution in [0.3, 0.4) is 0 Å². The zero-order valence-corrected chi connectivity index (χ0v) is 20.4. The highest BCUT2D eigenvalue weighted by molar-refractivity contribution is 7.92. The van der Waals surface area contributed by atoms with Crippen LogP contribution in [-0.2, 0) is 10.0 Å². The van der Waals surface area contributed by atoms with E-state index in [1.807, 2.05) is 18.2 Å². The van der Waals surface area contributed by atoms with E-state index in [9.17, 15) is 13.2 Å². The van der Waals surface area contributed by atoms with E-state index in [2.05, 4.69) is 15.7 Å². The van der Waals surface area contributed by atoms with Crippen LogP contribution >= 0.6 is 22.9 Å². The van der Waals surface area contributed by atoms with Gasteiger partial charge in [0.15, 0.2) is 5.13 Å². The summed E-state index contributed by atoms with van der Waals surface area (Å²) in [6, 6.07) is 20.5. The van der Waals surface area contributed by atoms with E-state index < -0.39 is 10.0 Å². The number of anilines is 2. The number of aromatic nitrogens is 1. The summed E-state index contributed by atoms with van der Waals surface area (Å²) in [5.74, 6) is -0.128. The van der Waals surface area contributed by atoms with Gasteiger partial charge in [0.25, 0.3) is 15.9 Å². The number of nitrogens with one attached hydrogen (secondary N) is 1. The first-order valence-electron chi connectivity index (χ1n) is 10.7. The third kappa shape index (κ3) is 4.72. The fourth-order valence-corrected chi connectivity index (χ4v) is 6.01. The first-order valence-corrected chi connectivity index (χ1v) is 13.3. The molecule has 0 spiro atoms. The molecule has 1 aromatic heterocycles. The molecule has 1 amide bonds. The van der Waals surface area contributed by atoms with Gasteiger partial charge in [-0.25, -0.2) is 13.4 Å². The van der Waals surface area contributed by atoms with Crippen molar-refractivity contribution in [2.75, 3.05) is 35.8 Å². The highest BCUT2D eigenvalue weighted by Gasteiger charge is 2.24. The Morgan fingerprint density at radius 3 is 2.41 bits per heavy atom. The normalized spacial score (nSPS) is 14.4. The van der Waals surface area contributed by atoms with Crippen LogP contribution in [0.25, 0.3) is 10.2 Å². The third-order valence-electron chi connectivity index (χ3n) is 5.61. The molecule has 4 aromatic rings. The second-order valence-corrected chi connectivity index (χ2v) is 11.0. The molecule has 0 saturated carbocycles. The van der Waals surface area contributed by atoms with Crippen LogP contribution in [0.5, 0.6) is 0 Å². The number of piperazine rings is 1. The minimum atomic E-state index is -3.79. The second kappa shape index (κ2) is 9.25. The molecule has 3 aromatic carbocycles. The molecule has 1 N–H and O–H groups in total. The molecule has 0 bridgehead atoms. The molecule has 1 aliphatic rings. The van der Waals surface area contributed by atoms with Crippen molar-refractivity contribution in [2.24, 2.45) is 0 Å². The summed E-state index contributed by atoms with van der Waals surface area (Å²) in [4.78, 5) is 21.9. The summed E-state index contributed by atoms with van der Waals surface area (Å²) in [6.45, 7) is 2.51. The van der Waals surface area contributed by atoms with Crippen molar-refractivity contribution in [3.63, 3.8) is 0 Å². The van der Waals surface area contributed by atoms with Crippen molar-refractivity contribution in [2.45, 2.75) is 4.90 Å². The molecule has 2 heterocycles. The van der Waals surface area contributed by atoms with Gasteiger partial charge in [-0.15, -0.1) is 0 Å². The maximum absolute atomic E-state index is 13.1. The number of sulfonamides is 1. The monoisotopic (exact) mass is 512 g/mol.